The lowest BCUT2D eigenvalue weighted by Crippen LogP contribution is -2.47. The van der Waals surface area contributed by atoms with Gasteiger partial charge in [-0.3, -0.25) is 14.9 Å². The molecule has 11 heteroatoms. The fourth-order valence-corrected chi connectivity index (χ4v) is 4.70. The number of carbonyl (C=O) groups excluding carboxylic acids is 1. The molecule has 1 amide bonds. The quantitative estimate of drug-likeness (QED) is 0.523. The van der Waals surface area contributed by atoms with Crippen molar-refractivity contribution in [2.24, 2.45) is 0 Å². The highest BCUT2D eigenvalue weighted by molar-refractivity contribution is 7.90. The zero-order chi connectivity index (χ0) is 22.1. The van der Waals surface area contributed by atoms with E-state index in [2.05, 4.69) is 0 Å². The van der Waals surface area contributed by atoms with Crippen LogP contribution >= 0.6 is 0 Å². The number of hydrogen-bond acceptors (Lipinski definition) is 6. The van der Waals surface area contributed by atoms with Gasteiger partial charge in [0.15, 0.2) is 9.84 Å². The van der Waals surface area contributed by atoms with E-state index in [9.17, 15) is 32.1 Å². The Morgan fingerprint density at radius 1 is 1.10 bits per heavy atom. The lowest BCUT2D eigenvalue weighted by atomic mass is 10.1. The van der Waals surface area contributed by atoms with Crippen molar-refractivity contribution >= 4 is 21.4 Å². The molecule has 3 rings (SSSR count). The van der Waals surface area contributed by atoms with Gasteiger partial charge >= 0.3 is 0 Å². The van der Waals surface area contributed by atoms with Crippen LogP contribution in [0.4, 0.5) is 14.5 Å². The van der Waals surface area contributed by atoms with E-state index in [0.29, 0.717) is 26.2 Å². The minimum Gasteiger partial charge on any atom is -0.336 e. The Bertz CT molecular complexity index is 1100. The molecule has 30 heavy (non-hydrogen) atoms. The number of rotatable bonds is 5. The maximum absolute atomic E-state index is 13.9. The Morgan fingerprint density at radius 2 is 1.77 bits per heavy atom. The Labute approximate surface area is 171 Å². The average molecular weight is 439 g/mol. The third-order valence-corrected chi connectivity index (χ3v) is 6.59. The van der Waals surface area contributed by atoms with Gasteiger partial charge < -0.3 is 9.80 Å². The van der Waals surface area contributed by atoms with Gasteiger partial charge in [-0.25, -0.2) is 17.2 Å². The van der Waals surface area contributed by atoms with Crippen LogP contribution in [-0.4, -0.2) is 62.3 Å². The van der Waals surface area contributed by atoms with Gasteiger partial charge in [0.2, 0.25) is 0 Å². The molecule has 1 aliphatic heterocycles. The Morgan fingerprint density at radius 3 is 2.40 bits per heavy atom. The molecule has 0 atom stereocenters. The molecule has 1 heterocycles. The standard InChI is InChI=1S/C19H19F2N3O5S/c1-22-6-8-23(9-7-22)19(25)13-2-5-18(17(11-13)24(26)27)30(28,29)12-14-10-15(20)3-4-16(14)21/h2-5,10-11H,6-9,12H2,1H3. The Hall–Kier alpha value is -2.92. The second kappa shape index (κ2) is 8.44. The number of nitrogens with zero attached hydrogens (tertiary/aromatic N) is 3. The van der Waals surface area contributed by atoms with E-state index in [1.165, 1.54) is 11.0 Å². The van der Waals surface area contributed by atoms with Crippen molar-refractivity contribution in [3.63, 3.8) is 0 Å². The van der Waals surface area contributed by atoms with Crippen LogP contribution in [0.1, 0.15) is 15.9 Å². The molecule has 1 aliphatic rings. The van der Waals surface area contributed by atoms with Crippen LogP contribution in [0.2, 0.25) is 0 Å². The minimum absolute atomic E-state index is 0.0119. The number of piperazine rings is 1. The van der Waals surface area contributed by atoms with Crippen LogP contribution in [0.25, 0.3) is 0 Å². The Kier molecular flexibility index (Phi) is 6.13. The van der Waals surface area contributed by atoms with Gasteiger partial charge in [0.1, 0.15) is 16.5 Å². The number of halogens is 2. The van der Waals surface area contributed by atoms with Gasteiger partial charge in [0.25, 0.3) is 11.6 Å². The van der Waals surface area contributed by atoms with E-state index >= 15 is 0 Å². The second-order valence-corrected chi connectivity index (χ2v) is 8.99. The van der Waals surface area contributed by atoms with E-state index in [1.54, 1.807) is 0 Å². The fourth-order valence-electron chi connectivity index (χ4n) is 3.18. The summed E-state index contributed by atoms with van der Waals surface area (Å²) in [6, 6.07) is 5.43. The SMILES string of the molecule is CN1CCN(C(=O)c2ccc(S(=O)(=O)Cc3cc(F)ccc3F)c([N+](=O)[O-])c2)CC1. The van der Waals surface area contributed by atoms with Gasteiger partial charge in [0.05, 0.1) is 10.7 Å². The van der Waals surface area contributed by atoms with Crippen LogP contribution in [0.5, 0.6) is 0 Å². The van der Waals surface area contributed by atoms with Crippen molar-refractivity contribution in [3.05, 3.63) is 69.3 Å². The molecule has 0 saturated carbocycles. The summed E-state index contributed by atoms with van der Waals surface area (Å²) in [7, 11) is -2.47. The predicted molar refractivity (Wildman–Crippen MR) is 104 cm³/mol. The highest BCUT2D eigenvalue weighted by Crippen LogP contribution is 2.29. The van der Waals surface area contributed by atoms with Crippen molar-refractivity contribution in [1.82, 2.24) is 9.80 Å². The molecule has 2 aromatic rings. The Balaban J connectivity index is 1.94. The molecule has 0 aromatic heterocycles. The van der Waals surface area contributed by atoms with E-state index < -0.39 is 54.2 Å². The fraction of sp³-hybridized carbons (Fsp3) is 0.316. The number of amides is 1. The third-order valence-electron chi connectivity index (χ3n) is 4.88. The van der Waals surface area contributed by atoms with E-state index in [-0.39, 0.29) is 5.56 Å². The van der Waals surface area contributed by atoms with Gasteiger partial charge in [0, 0.05) is 43.4 Å². The van der Waals surface area contributed by atoms with Crippen LogP contribution in [0.3, 0.4) is 0 Å². The first kappa shape index (κ1) is 21.8. The molecule has 160 valence electrons. The number of likely N-dealkylation sites (N-methyl/N-ethyl adjacent to an activating group) is 1. The van der Waals surface area contributed by atoms with Crippen LogP contribution in [0, 0.1) is 21.7 Å². The van der Waals surface area contributed by atoms with E-state index in [0.717, 1.165) is 30.3 Å². The zero-order valence-corrected chi connectivity index (χ0v) is 16.9. The molecular formula is C19H19F2N3O5S. The molecule has 0 bridgehead atoms. The molecule has 2 aromatic carbocycles. The maximum atomic E-state index is 13.9. The minimum atomic E-state index is -4.38. The summed E-state index contributed by atoms with van der Waals surface area (Å²) in [5.41, 5.74) is -1.24. The number of nitro groups is 1. The van der Waals surface area contributed by atoms with Crippen molar-refractivity contribution < 1.29 is 26.9 Å². The summed E-state index contributed by atoms with van der Waals surface area (Å²) in [5.74, 6) is -3.16. The van der Waals surface area contributed by atoms with Crippen molar-refractivity contribution in [2.45, 2.75) is 10.6 Å². The van der Waals surface area contributed by atoms with Gasteiger partial charge in [-0.05, 0) is 37.4 Å². The average Bonchev–Trinajstić information content (AvgIpc) is 2.70. The number of sulfone groups is 1. The van der Waals surface area contributed by atoms with Crippen LogP contribution < -0.4 is 0 Å². The van der Waals surface area contributed by atoms with Crippen molar-refractivity contribution in [1.29, 1.82) is 0 Å². The lowest BCUT2D eigenvalue weighted by molar-refractivity contribution is -0.387. The van der Waals surface area contributed by atoms with Gasteiger partial charge in [-0.15, -0.1) is 0 Å². The normalized spacial score (nSPS) is 15.2. The van der Waals surface area contributed by atoms with Gasteiger partial charge in [-0.1, -0.05) is 0 Å². The molecule has 0 N–H and O–H groups in total. The topological polar surface area (TPSA) is 101 Å². The number of benzene rings is 2. The predicted octanol–water partition coefficient (Wildman–Crippen LogP) is 2.23. The first-order valence-corrected chi connectivity index (χ1v) is 10.7. The van der Waals surface area contributed by atoms with Gasteiger partial charge in [-0.2, -0.15) is 0 Å². The summed E-state index contributed by atoms with van der Waals surface area (Å²) in [6.45, 7) is 2.20. The van der Waals surface area contributed by atoms with E-state index in [4.69, 9.17) is 0 Å². The molecular weight excluding hydrogens is 420 g/mol. The van der Waals surface area contributed by atoms with Crippen molar-refractivity contribution in [3.8, 4) is 0 Å². The first-order valence-electron chi connectivity index (χ1n) is 9.01. The second-order valence-electron chi connectivity index (χ2n) is 7.03. The highest BCUT2D eigenvalue weighted by atomic mass is 32.2. The summed E-state index contributed by atoms with van der Waals surface area (Å²) >= 11 is 0. The number of carbonyl (C=O) groups is 1. The maximum Gasteiger partial charge on any atom is 0.288 e. The zero-order valence-electron chi connectivity index (χ0n) is 16.0. The summed E-state index contributed by atoms with van der Waals surface area (Å²) in [5, 5.41) is 11.5. The molecule has 8 nitrogen and oxygen atoms in total. The van der Waals surface area contributed by atoms with Crippen LogP contribution in [-0.2, 0) is 15.6 Å². The molecule has 1 fully saturated rings. The molecule has 0 radical (unpaired) electrons. The smallest absolute Gasteiger partial charge is 0.288 e. The van der Waals surface area contributed by atoms with Crippen molar-refractivity contribution in [2.75, 3.05) is 33.2 Å². The number of hydrogen-bond donors (Lipinski definition) is 0. The summed E-state index contributed by atoms with van der Waals surface area (Å²) in [6.07, 6.45) is 0. The third kappa shape index (κ3) is 4.62. The van der Waals surface area contributed by atoms with Crippen LogP contribution in [0.15, 0.2) is 41.3 Å². The summed E-state index contributed by atoms with van der Waals surface area (Å²) < 4.78 is 52.6. The molecule has 0 aliphatic carbocycles. The largest absolute Gasteiger partial charge is 0.336 e. The monoisotopic (exact) mass is 439 g/mol. The first-order chi connectivity index (χ1) is 14.1. The molecule has 1 saturated heterocycles. The molecule has 0 unspecified atom stereocenters. The molecule has 0 spiro atoms. The summed E-state index contributed by atoms with van der Waals surface area (Å²) in [4.78, 5) is 26.2. The highest BCUT2D eigenvalue weighted by Gasteiger charge is 2.30. The number of nitro benzene ring substituents is 1. The lowest BCUT2D eigenvalue weighted by Gasteiger charge is -2.32. The van der Waals surface area contributed by atoms with E-state index in [1.807, 2.05) is 11.9 Å².